The summed E-state index contributed by atoms with van der Waals surface area (Å²) in [6, 6.07) is 3.72. The van der Waals surface area contributed by atoms with Crippen molar-refractivity contribution in [3.8, 4) is 0 Å². The van der Waals surface area contributed by atoms with E-state index in [0.29, 0.717) is 19.7 Å². The highest BCUT2D eigenvalue weighted by atomic mass is 16.5. The van der Waals surface area contributed by atoms with Crippen LogP contribution in [0.3, 0.4) is 0 Å². The van der Waals surface area contributed by atoms with Crippen molar-refractivity contribution < 1.29 is 9.53 Å². The Labute approximate surface area is 128 Å². The molecule has 3 heterocycles. The number of ether oxygens (including phenoxy) is 1. The molecule has 1 fully saturated rings. The van der Waals surface area contributed by atoms with Crippen molar-refractivity contribution in [1.82, 2.24) is 24.6 Å². The molecule has 1 aliphatic heterocycles. The van der Waals surface area contributed by atoms with Gasteiger partial charge in [0.2, 0.25) is 5.91 Å². The Morgan fingerprint density at radius 1 is 1.41 bits per heavy atom. The minimum atomic E-state index is -0.198. The first kappa shape index (κ1) is 14.6. The number of nitrogens with zero attached hydrogens (tertiary/aromatic N) is 5. The van der Waals surface area contributed by atoms with Crippen LogP contribution in [0.1, 0.15) is 23.3 Å². The van der Waals surface area contributed by atoms with Crippen LogP contribution in [-0.4, -0.2) is 50.3 Å². The van der Waals surface area contributed by atoms with E-state index in [0.717, 1.165) is 17.2 Å². The van der Waals surface area contributed by atoms with E-state index in [4.69, 9.17) is 4.74 Å². The highest BCUT2D eigenvalue weighted by Gasteiger charge is 2.26. The molecule has 0 N–H and O–H groups in total. The number of aryl methyl sites for hydroxylation is 2. The zero-order chi connectivity index (χ0) is 15.5. The van der Waals surface area contributed by atoms with E-state index in [1.165, 1.54) is 0 Å². The van der Waals surface area contributed by atoms with Gasteiger partial charge in [-0.05, 0) is 26.0 Å². The molecule has 1 saturated heterocycles. The quantitative estimate of drug-likeness (QED) is 0.842. The van der Waals surface area contributed by atoms with Gasteiger partial charge >= 0.3 is 0 Å². The van der Waals surface area contributed by atoms with Crippen molar-refractivity contribution in [3.05, 3.63) is 41.7 Å². The lowest BCUT2D eigenvalue weighted by Crippen LogP contribution is -2.44. The molecule has 2 aromatic rings. The molecule has 0 aromatic carbocycles. The van der Waals surface area contributed by atoms with Gasteiger partial charge in [-0.1, -0.05) is 0 Å². The Morgan fingerprint density at radius 2 is 2.27 bits per heavy atom. The third-order valence-corrected chi connectivity index (χ3v) is 3.59. The Bertz CT molecular complexity index is 636. The van der Waals surface area contributed by atoms with Crippen molar-refractivity contribution in [2.75, 3.05) is 19.7 Å². The maximum absolute atomic E-state index is 12.4. The average molecular weight is 301 g/mol. The predicted molar refractivity (Wildman–Crippen MR) is 79.0 cm³/mol. The largest absolute Gasteiger partial charge is 0.368 e. The Morgan fingerprint density at radius 3 is 3.00 bits per heavy atom. The second kappa shape index (κ2) is 6.23. The Kier molecular flexibility index (Phi) is 4.15. The summed E-state index contributed by atoms with van der Waals surface area (Å²) < 4.78 is 7.41. The number of amides is 1. The maximum atomic E-state index is 12.4. The van der Waals surface area contributed by atoms with Crippen LogP contribution in [0.15, 0.2) is 24.5 Å². The normalized spacial score (nSPS) is 18.5. The van der Waals surface area contributed by atoms with Crippen LogP contribution in [-0.2, 0) is 16.1 Å². The molecule has 0 saturated carbocycles. The van der Waals surface area contributed by atoms with Crippen LogP contribution < -0.4 is 0 Å². The molecule has 1 amide bonds. The number of rotatable bonds is 3. The van der Waals surface area contributed by atoms with Gasteiger partial charge in [-0.25, -0.2) is 9.97 Å². The van der Waals surface area contributed by atoms with E-state index in [-0.39, 0.29) is 18.6 Å². The number of carbonyl (C=O) groups is 1. The summed E-state index contributed by atoms with van der Waals surface area (Å²) in [6.45, 7) is 5.66. The van der Waals surface area contributed by atoms with Gasteiger partial charge in [-0.15, -0.1) is 0 Å². The molecule has 1 aliphatic rings. The standard InChI is InChI=1S/C15H19N5O2/c1-11-8-13(18-12(2)17-11)14-9-19(6-7-22-14)15(21)10-20-5-3-4-16-20/h3-5,8,14H,6-7,9-10H2,1-2H3/t14-/m0/s1. The van der Waals surface area contributed by atoms with Gasteiger partial charge in [0, 0.05) is 24.6 Å². The van der Waals surface area contributed by atoms with E-state index >= 15 is 0 Å². The van der Waals surface area contributed by atoms with Crippen molar-refractivity contribution >= 4 is 5.91 Å². The fourth-order valence-corrected chi connectivity index (χ4v) is 2.60. The zero-order valence-electron chi connectivity index (χ0n) is 12.8. The fraction of sp³-hybridized carbons (Fsp3) is 0.467. The van der Waals surface area contributed by atoms with Crippen molar-refractivity contribution in [2.45, 2.75) is 26.5 Å². The fourth-order valence-electron chi connectivity index (χ4n) is 2.60. The van der Waals surface area contributed by atoms with Crippen molar-refractivity contribution in [3.63, 3.8) is 0 Å². The first-order valence-electron chi connectivity index (χ1n) is 7.31. The molecule has 0 bridgehead atoms. The summed E-state index contributed by atoms with van der Waals surface area (Å²) >= 11 is 0. The van der Waals surface area contributed by atoms with Gasteiger partial charge < -0.3 is 9.64 Å². The number of carbonyl (C=O) groups excluding carboxylic acids is 1. The highest BCUT2D eigenvalue weighted by molar-refractivity contribution is 5.76. The summed E-state index contributed by atoms with van der Waals surface area (Å²) in [5, 5.41) is 4.07. The van der Waals surface area contributed by atoms with Gasteiger partial charge in [0.25, 0.3) is 0 Å². The molecule has 3 rings (SSSR count). The maximum Gasteiger partial charge on any atom is 0.244 e. The van der Waals surface area contributed by atoms with Crippen LogP contribution >= 0.6 is 0 Å². The van der Waals surface area contributed by atoms with E-state index in [1.54, 1.807) is 17.1 Å². The zero-order valence-corrected chi connectivity index (χ0v) is 12.8. The minimum Gasteiger partial charge on any atom is -0.368 e. The minimum absolute atomic E-state index is 0.0412. The molecule has 2 aromatic heterocycles. The molecule has 1 atom stereocenters. The van der Waals surface area contributed by atoms with Gasteiger partial charge in [-0.3, -0.25) is 9.48 Å². The lowest BCUT2D eigenvalue weighted by molar-refractivity contribution is -0.140. The smallest absolute Gasteiger partial charge is 0.244 e. The number of aromatic nitrogens is 4. The summed E-state index contributed by atoms with van der Waals surface area (Å²) in [4.78, 5) is 22.9. The van der Waals surface area contributed by atoms with E-state index < -0.39 is 0 Å². The van der Waals surface area contributed by atoms with Gasteiger partial charge in [0.1, 0.15) is 18.5 Å². The van der Waals surface area contributed by atoms with Crippen LogP contribution in [0, 0.1) is 13.8 Å². The summed E-state index contributed by atoms with van der Waals surface area (Å²) in [5.41, 5.74) is 1.74. The molecule has 0 aliphatic carbocycles. The molecule has 22 heavy (non-hydrogen) atoms. The van der Waals surface area contributed by atoms with Gasteiger partial charge in [0.05, 0.1) is 18.8 Å². The third-order valence-electron chi connectivity index (χ3n) is 3.59. The number of hydrogen-bond acceptors (Lipinski definition) is 5. The topological polar surface area (TPSA) is 73.1 Å². The Hall–Kier alpha value is -2.28. The van der Waals surface area contributed by atoms with Crippen molar-refractivity contribution in [2.24, 2.45) is 0 Å². The van der Waals surface area contributed by atoms with Crippen LogP contribution in [0.4, 0.5) is 0 Å². The molecule has 7 heteroatoms. The monoisotopic (exact) mass is 301 g/mol. The van der Waals surface area contributed by atoms with Crippen LogP contribution in [0.25, 0.3) is 0 Å². The lowest BCUT2D eigenvalue weighted by atomic mass is 10.1. The second-order valence-electron chi connectivity index (χ2n) is 5.38. The highest BCUT2D eigenvalue weighted by Crippen LogP contribution is 2.21. The average Bonchev–Trinajstić information content (AvgIpc) is 2.99. The van der Waals surface area contributed by atoms with E-state index in [2.05, 4.69) is 15.1 Å². The molecule has 7 nitrogen and oxygen atoms in total. The number of morpholine rings is 1. The Balaban J connectivity index is 1.69. The first-order valence-corrected chi connectivity index (χ1v) is 7.31. The van der Waals surface area contributed by atoms with E-state index in [9.17, 15) is 4.79 Å². The molecule has 0 radical (unpaired) electrons. The second-order valence-corrected chi connectivity index (χ2v) is 5.38. The predicted octanol–water partition coefficient (Wildman–Crippen LogP) is 0.890. The summed E-state index contributed by atoms with van der Waals surface area (Å²) in [7, 11) is 0. The molecule has 0 unspecified atom stereocenters. The summed E-state index contributed by atoms with van der Waals surface area (Å²) in [6.07, 6.45) is 3.25. The van der Waals surface area contributed by atoms with Crippen LogP contribution in [0.2, 0.25) is 0 Å². The SMILES string of the molecule is Cc1cc([C@@H]2CN(C(=O)Cn3cccn3)CCO2)nc(C)n1. The molecule has 116 valence electrons. The molecular formula is C15H19N5O2. The van der Waals surface area contributed by atoms with Gasteiger partial charge in [-0.2, -0.15) is 5.10 Å². The van der Waals surface area contributed by atoms with Gasteiger partial charge in [0.15, 0.2) is 0 Å². The lowest BCUT2D eigenvalue weighted by Gasteiger charge is -2.32. The van der Waals surface area contributed by atoms with Crippen LogP contribution in [0.5, 0.6) is 0 Å². The van der Waals surface area contributed by atoms with Crippen molar-refractivity contribution in [1.29, 1.82) is 0 Å². The first-order chi connectivity index (χ1) is 10.6. The number of hydrogen-bond donors (Lipinski definition) is 0. The molecular weight excluding hydrogens is 282 g/mol. The molecule has 0 spiro atoms. The summed E-state index contributed by atoms with van der Waals surface area (Å²) in [5.74, 6) is 0.762. The third kappa shape index (κ3) is 3.30. The van der Waals surface area contributed by atoms with E-state index in [1.807, 2.05) is 30.9 Å².